The summed E-state index contributed by atoms with van der Waals surface area (Å²) in [5, 5.41) is 2.59. The Bertz CT molecular complexity index is 1910. The first-order chi connectivity index (χ1) is 19.1. The van der Waals surface area contributed by atoms with Gasteiger partial charge >= 0.3 is 0 Å². The number of fused-ring (bicyclic) bond motifs is 5. The fraction of sp³-hybridized carbons (Fsp3) is 0.211. The maximum atomic E-state index is 2.49. The van der Waals surface area contributed by atoms with Crippen LogP contribution >= 0.6 is 0 Å². The number of hydrogen-bond acceptors (Lipinski definition) is 1. The van der Waals surface area contributed by atoms with E-state index >= 15 is 0 Å². The number of benzene rings is 5. The largest absolute Gasteiger partial charge is 0.310 e. The first-order valence-electron chi connectivity index (χ1n) is 14.3. The fourth-order valence-corrected chi connectivity index (χ4v) is 6.62. The van der Waals surface area contributed by atoms with Crippen LogP contribution in [0.1, 0.15) is 56.9 Å². The highest BCUT2D eigenvalue weighted by molar-refractivity contribution is 6.12. The molecule has 5 aromatic carbocycles. The second-order valence-electron chi connectivity index (χ2n) is 12.9. The van der Waals surface area contributed by atoms with Crippen molar-refractivity contribution < 1.29 is 0 Å². The quantitative estimate of drug-likeness (QED) is 0.225. The second kappa shape index (κ2) is 8.60. The molecule has 0 atom stereocenters. The summed E-state index contributed by atoms with van der Waals surface area (Å²) in [6, 6.07) is 40.6. The SMILES string of the molecule is Cc1cccc(N(c2ccc(C(C)(C)C)cc2)c2ccc3c(c2)c2cccc4c2n3-c2ccccc2C4(C)C)c1. The Balaban J connectivity index is 1.49. The van der Waals surface area contributed by atoms with Gasteiger partial charge in [-0.2, -0.15) is 0 Å². The van der Waals surface area contributed by atoms with E-state index in [1.165, 1.54) is 55.4 Å². The summed E-state index contributed by atoms with van der Waals surface area (Å²) < 4.78 is 2.49. The molecule has 198 valence electrons. The number of aromatic nitrogens is 1. The Hall–Kier alpha value is -4.30. The van der Waals surface area contributed by atoms with E-state index < -0.39 is 0 Å². The van der Waals surface area contributed by atoms with E-state index in [4.69, 9.17) is 0 Å². The van der Waals surface area contributed by atoms with E-state index in [2.05, 4.69) is 160 Å². The average Bonchev–Trinajstić information content (AvgIpc) is 3.26. The van der Waals surface area contributed by atoms with Crippen molar-refractivity contribution in [2.75, 3.05) is 4.90 Å². The number of aryl methyl sites for hydroxylation is 1. The predicted octanol–water partition coefficient (Wildman–Crippen LogP) is 10.5. The summed E-state index contributed by atoms with van der Waals surface area (Å²) >= 11 is 0. The number of nitrogens with zero attached hydrogens (tertiary/aromatic N) is 2. The van der Waals surface area contributed by atoms with E-state index in [1.54, 1.807) is 0 Å². The van der Waals surface area contributed by atoms with Crippen LogP contribution in [0.25, 0.3) is 27.5 Å². The molecule has 0 fully saturated rings. The molecule has 0 radical (unpaired) electrons. The third kappa shape index (κ3) is 3.63. The van der Waals surface area contributed by atoms with Crippen LogP contribution in [0.15, 0.2) is 109 Å². The van der Waals surface area contributed by atoms with Gasteiger partial charge < -0.3 is 9.47 Å². The van der Waals surface area contributed by atoms with Crippen LogP contribution in [0.3, 0.4) is 0 Å². The maximum absolute atomic E-state index is 2.49. The van der Waals surface area contributed by atoms with Crippen LogP contribution in [0.4, 0.5) is 17.1 Å². The van der Waals surface area contributed by atoms with Crippen LogP contribution in [-0.4, -0.2) is 4.57 Å². The van der Waals surface area contributed by atoms with E-state index in [-0.39, 0.29) is 10.8 Å². The third-order valence-electron chi connectivity index (χ3n) is 8.77. The summed E-state index contributed by atoms with van der Waals surface area (Å²) in [7, 11) is 0. The lowest BCUT2D eigenvalue weighted by Crippen LogP contribution is -2.26. The minimum atomic E-state index is -0.0638. The molecule has 1 aliphatic rings. The number of para-hydroxylation sites is 2. The van der Waals surface area contributed by atoms with Gasteiger partial charge in [0.2, 0.25) is 0 Å². The molecule has 1 aromatic heterocycles. The van der Waals surface area contributed by atoms with Crippen LogP contribution in [0.5, 0.6) is 0 Å². The molecule has 6 aromatic rings. The lowest BCUT2D eigenvalue weighted by Gasteiger charge is -2.34. The summed E-state index contributed by atoms with van der Waals surface area (Å²) in [6.45, 7) is 13.7. The van der Waals surface area contributed by atoms with Gasteiger partial charge in [0, 0.05) is 33.2 Å². The molecule has 0 aliphatic carbocycles. The van der Waals surface area contributed by atoms with Gasteiger partial charge in [0.1, 0.15) is 0 Å². The predicted molar refractivity (Wildman–Crippen MR) is 171 cm³/mol. The van der Waals surface area contributed by atoms with E-state index in [0.717, 1.165) is 11.4 Å². The standard InChI is InChI=1S/C38H36N2/c1-25-11-9-12-28(23-25)39(27-19-17-26(18-20-27)37(2,3)4)29-21-22-34-31(24-29)30-13-10-15-33-36(30)40(34)35-16-8-7-14-32(35)38(33,5)6/h7-24H,1-6H3. The first kappa shape index (κ1) is 24.7. The topological polar surface area (TPSA) is 8.17 Å². The maximum Gasteiger partial charge on any atom is 0.0582 e. The molecule has 0 spiro atoms. The van der Waals surface area contributed by atoms with Gasteiger partial charge in [0.15, 0.2) is 0 Å². The van der Waals surface area contributed by atoms with E-state index in [1.807, 2.05) is 0 Å². The summed E-state index contributed by atoms with van der Waals surface area (Å²) in [6.07, 6.45) is 0. The molecule has 0 amide bonds. The molecule has 0 bridgehead atoms. The van der Waals surface area contributed by atoms with E-state index in [9.17, 15) is 0 Å². The lowest BCUT2D eigenvalue weighted by atomic mass is 9.75. The zero-order valence-corrected chi connectivity index (χ0v) is 24.3. The highest BCUT2D eigenvalue weighted by atomic mass is 15.1. The molecule has 40 heavy (non-hydrogen) atoms. The highest BCUT2D eigenvalue weighted by Gasteiger charge is 2.34. The zero-order chi connectivity index (χ0) is 27.8. The average molecular weight is 521 g/mol. The molecule has 0 N–H and O–H groups in total. The Morgan fingerprint density at radius 1 is 0.625 bits per heavy atom. The Kier molecular flexibility index (Phi) is 5.31. The van der Waals surface area contributed by atoms with Gasteiger partial charge in [0.25, 0.3) is 0 Å². The van der Waals surface area contributed by atoms with Gasteiger partial charge in [-0.1, -0.05) is 95.3 Å². The number of hydrogen-bond donors (Lipinski definition) is 0. The highest BCUT2D eigenvalue weighted by Crippen LogP contribution is 2.48. The molecule has 2 heterocycles. The number of anilines is 3. The molecular weight excluding hydrogens is 484 g/mol. The molecule has 7 rings (SSSR count). The van der Waals surface area contributed by atoms with Crippen molar-refractivity contribution in [1.82, 2.24) is 4.57 Å². The van der Waals surface area contributed by atoms with Crippen molar-refractivity contribution in [3.05, 3.63) is 131 Å². The number of rotatable bonds is 3. The van der Waals surface area contributed by atoms with Crippen molar-refractivity contribution in [2.45, 2.75) is 52.4 Å². The van der Waals surface area contributed by atoms with Gasteiger partial charge in [-0.3, -0.25) is 0 Å². The van der Waals surface area contributed by atoms with Gasteiger partial charge in [-0.25, -0.2) is 0 Å². The van der Waals surface area contributed by atoms with Gasteiger partial charge in [-0.15, -0.1) is 0 Å². The Labute approximate surface area is 237 Å². The van der Waals surface area contributed by atoms with Crippen molar-refractivity contribution in [3.8, 4) is 5.69 Å². The Morgan fingerprint density at radius 3 is 2.05 bits per heavy atom. The summed E-state index contributed by atoms with van der Waals surface area (Å²) in [4.78, 5) is 2.39. The molecule has 0 saturated heterocycles. The smallest absolute Gasteiger partial charge is 0.0582 e. The molecule has 0 unspecified atom stereocenters. The molecule has 2 heteroatoms. The minimum Gasteiger partial charge on any atom is -0.310 e. The molecule has 0 saturated carbocycles. The van der Waals surface area contributed by atoms with Crippen molar-refractivity contribution >= 4 is 38.9 Å². The van der Waals surface area contributed by atoms with Crippen molar-refractivity contribution in [2.24, 2.45) is 0 Å². The van der Waals surface area contributed by atoms with Crippen molar-refractivity contribution in [3.63, 3.8) is 0 Å². The molecular formula is C38H36N2. The summed E-state index contributed by atoms with van der Waals surface area (Å²) in [5.74, 6) is 0. The van der Waals surface area contributed by atoms with Crippen LogP contribution in [-0.2, 0) is 10.8 Å². The normalized spacial score (nSPS) is 13.9. The van der Waals surface area contributed by atoms with Gasteiger partial charge in [-0.05, 0) is 83.1 Å². The molecule has 2 nitrogen and oxygen atoms in total. The lowest BCUT2D eigenvalue weighted by molar-refractivity contribution is 0.590. The van der Waals surface area contributed by atoms with Crippen molar-refractivity contribution in [1.29, 1.82) is 0 Å². The zero-order valence-electron chi connectivity index (χ0n) is 24.3. The fourth-order valence-electron chi connectivity index (χ4n) is 6.62. The summed E-state index contributed by atoms with van der Waals surface area (Å²) in [5.41, 5.74) is 12.8. The van der Waals surface area contributed by atoms with Crippen LogP contribution in [0, 0.1) is 6.92 Å². The first-order valence-corrected chi connectivity index (χ1v) is 14.3. The minimum absolute atomic E-state index is 0.0638. The van der Waals surface area contributed by atoms with E-state index in [0.29, 0.717) is 0 Å². The second-order valence-corrected chi connectivity index (χ2v) is 12.9. The van der Waals surface area contributed by atoms with Crippen LogP contribution in [0.2, 0.25) is 0 Å². The van der Waals surface area contributed by atoms with Gasteiger partial charge in [0.05, 0.1) is 16.7 Å². The molecule has 1 aliphatic heterocycles. The Morgan fingerprint density at radius 2 is 1.30 bits per heavy atom. The monoisotopic (exact) mass is 520 g/mol. The third-order valence-corrected chi connectivity index (χ3v) is 8.77. The van der Waals surface area contributed by atoms with Crippen LogP contribution < -0.4 is 4.90 Å².